The monoisotopic (exact) mass is 382 g/mol. The third kappa shape index (κ3) is 3.76. The fourth-order valence-electron chi connectivity index (χ4n) is 3.24. The Bertz CT molecular complexity index is 955. The second-order valence-corrected chi connectivity index (χ2v) is 7.77. The number of carbonyl (C=O) groups excluding carboxylic acids is 1. The molecule has 0 saturated carbocycles. The molecular weight excluding hydrogens is 363 g/mol. The molecule has 0 radical (unpaired) electrons. The molecule has 0 N–H and O–H groups in total. The molecule has 0 aliphatic carbocycles. The van der Waals surface area contributed by atoms with Gasteiger partial charge < -0.3 is 9.32 Å². The number of hydrogen-bond acceptors (Lipinski definition) is 4. The maximum absolute atomic E-state index is 13.1. The van der Waals surface area contributed by atoms with Crippen molar-refractivity contribution in [1.29, 1.82) is 0 Å². The number of aromatic nitrogens is 1. The minimum Gasteiger partial charge on any atom is -0.431 e. The lowest BCUT2D eigenvalue weighted by Gasteiger charge is -2.31. The smallest absolute Gasteiger partial charge is 0.256 e. The van der Waals surface area contributed by atoms with Crippen LogP contribution in [0.4, 0.5) is 10.1 Å². The average molecular weight is 382 g/mol. The van der Waals surface area contributed by atoms with Crippen molar-refractivity contribution in [2.75, 3.05) is 11.4 Å². The standard InChI is InChI=1S/C21H19FN2O2S/c1-14(20(25)24-12-4-6-15-5-2-3-7-18(15)24)27-21-23-13-19(26-21)16-8-10-17(22)11-9-16/h2-3,5,7-11,13-14H,4,6,12H2,1H3. The quantitative estimate of drug-likeness (QED) is 0.600. The summed E-state index contributed by atoms with van der Waals surface area (Å²) in [5, 5.41) is 0.108. The number of thioether (sulfide) groups is 1. The van der Waals surface area contributed by atoms with Gasteiger partial charge in [-0.1, -0.05) is 30.0 Å². The lowest BCUT2D eigenvalue weighted by molar-refractivity contribution is -0.117. The maximum atomic E-state index is 13.1. The first-order valence-corrected chi connectivity index (χ1v) is 9.77. The van der Waals surface area contributed by atoms with Crippen LogP contribution in [-0.4, -0.2) is 22.7 Å². The van der Waals surface area contributed by atoms with Crippen LogP contribution in [0.15, 0.2) is 64.4 Å². The zero-order valence-electron chi connectivity index (χ0n) is 14.9. The molecule has 1 atom stereocenters. The number of aryl methyl sites for hydroxylation is 1. The van der Waals surface area contributed by atoms with E-state index in [1.807, 2.05) is 30.0 Å². The Hall–Kier alpha value is -2.60. The second-order valence-electron chi connectivity index (χ2n) is 6.48. The third-order valence-electron chi connectivity index (χ3n) is 4.61. The molecule has 2 heterocycles. The van der Waals surface area contributed by atoms with Gasteiger partial charge in [0.25, 0.3) is 5.22 Å². The summed E-state index contributed by atoms with van der Waals surface area (Å²) in [5.74, 6) is 0.308. The molecule has 1 aromatic heterocycles. The van der Waals surface area contributed by atoms with E-state index >= 15 is 0 Å². The number of carbonyl (C=O) groups is 1. The summed E-state index contributed by atoms with van der Waals surface area (Å²) in [4.78, 5) is 19.1. The Morgan fingerprint density at radius 2 is 2.00 bits per heavy atom. The van der Waals surface area contributed by atoms with Crippen LogP contribution in [-0.2, 0) is 11.2 Å². The molecule has 4 nitrogen and oxygen atoms in total. The molecule has 1 aliphatic heterocycles. The fourth-order valence-corrected chi connectivity index (χ4v) is 4.03. The zero-order valence-corrected chi connectivity index (χ0v) is 15.7. The highest BCUT2D eigenvalue weighted by atomic mass is 32.2. The number of oxazole rings is 1. The van der Waals surface area contributed by atoms with Gasteiger partial charge in [-0.2, -0.15) is 0 Å². The van der Waals surface area contributed by atoms with E-state index in [2.05, 4.69) is 11.1 Å². The van der Waals surface area contributed by atoms with E-state index in [1.165, 1.54) is 29.5 Å². The first-order chi connectivity index (χ1) is 13.1. The summed E-state index contributed by atoms with van der Waals surface area (Å²) < 4.78 is 18.8. The van der Waals surface area contributed by atoms with Crippen LogP contribution >= 0.6 is 11.8 Å². The van der Waals surface area contributed by atoms with Gasteiger partial charge in [0, 0.05) is 17.8 Å². The molecule has 1 aliphatic rings. The van der Waals surface area contributed by atoms with E-state index in [0.717, 1.165) is 30.6 Å². The molecule has 6 heteroatoms. The first-order valence-electron chi connectivity index (χ1n) is 8.89. The molecule has 1 unspecified atom stereocenters. The SMILES string of the molecule is CC(Sc1ncc(-c2ccc(F)cc2)o1)C(=O)N1CCCc2ccccc21. The van der Waals surface area contributed by atoms with Crippen LogP contribution < -0.4 is 4.90 Å². The van der Waals surface area contributed by atoms with E-state index in [1.54, 1.807) is 18.3 Å². The van der Waals surface area contributed by atoms with E-state index in [4.69, 9.17) is 4.42 Å². The number of halogens is 1. The predicted octanol–water partition coefficient (Wildman–Crippen LogP) is 4.94. The van der Waals surface area contributed by atoms with Crippen LogP contribution in [0.1, 0.15) is 18.9 Å². The molecule has 1 amide bonds. The summed E-state index contributed by atoms with van der Waals surface area (Å²) in [7, 11) is 0. The van der Waals surface area contributed by atoms with Gasteiger partial charge in [0.15, 0.2) is 5.76 Å². The van der Waals surface area contributed by atoms with Crippen LogP contribution in [0.5, 0.6) is 0 Å². The lowest BCUT2D eigenvalue weighted by atomic mass is 10.0. The van der Waals surface area contributed by atoms with Crippen molar-refractivity contribution in [2.24, 2.45) is 0 Å². The maximum Gasteiger partial charge on any atom is 0.256 e. The number of amides is 1. The van der Waals surface area contributed by atoms with E-state index in [0.29, 0.717) is 11.0 Å². The van der Waals surface area contributed by atoms with Gasteiger partial charge in [-0.05, 0) is 55.7 Å². The third-order valence-corrected chi connectivity index (χ3v) is 5.56. The molecule has 3 aromatic rings. The van der Waals surface area contributed by atoms with Gasteiger partial charge in [0.05, 0.1) is 11.4 Å². The van der Waals surface area contributed by atoms with Crippen LogP contribution in [0, 0.1) is 5.82 Å². The Balaban J connectivity index is 1.47. The van der Waals surface area contributed by atoms with Crippen LogP contribution in [0.2, 0.25) is 0 Å². The highest BCUT2D eigenvalue weighted by Crippen LogP contribution is 2.32. The molecule has 0 spiro atoms. The van der Waals surface area contributed by atoms with Gasteiger partial charge in [-0.25, -0.2) is 9.37 Å². The van der Waals surface area contributed by atoms with Crippen molar-refractivity contribution >= 4 is 23.4 Å². The Morgan fingerprint density at radius 1 is 1.22 bits per heavy atom. The number of nitrogens with zero attached hydrogens (tertiary/aromatic N) is 2. The minimum absolute atomic E-state index is 0.0497. The molecule has 2 aromatic carbocycles. The van der Waals surface area contributed by atoms with Crippen molar-refractivity contribution in [1.82, 2.24) is 4.98 Å². The van der Waals surface area contributed by atoms with Crippen molar-refractivity contribution in [3.63, 3.8) is 0 Å². The van der Waals surface area contributed by atoms with Gasteiger partial charge in [-0.3, -0.25) is 4.79 Å². The predicted molar refractivity (Wildman–Crippen MR) is 104 cm³/mol. The molecule has 0 fully saturated rings. The van der Waals surface area contributed by atoms with Gasteiger partial charge in [0.1, 0.15) is 5.82 Å². The summed E-state index contributed by atoms with van der Waals surface area (Å²) >= 11 is 1.30. The molecule has 4 rings (SSSR count). The summed E-state index contributed by atoms with van der Waals surface area (Å²) in [6, 6.07) is 14.1. The lowest BCUT2D eigenvalue weighted by Crippen LogP contribution is -2.40. The largest absolute Gasteiger partial charge is 0.431 e. The Kier molecular flexibility index (Phi) is 4.99. The van der Waals surface area contributed by atoms with E-state index in [-0.39, 0.29) is 17.0 Å². The number of rotatable bonds is 4. The van der Waals surface area contributed by atoms with Crippen molar-refractivity contribution < 1.29 is 13.6 Å². The molecule has 0 bridgehead atoms. The average Bonchev–Trinajstić information content (AvgIpc) is 3.16. The Morgan fingerprint density at radius 3 is 2.81 bits per heavy atom. The van der Waals surface area contributed by atoms with Gasteiger partial charge in [0.2, 0.25) is 5.91 Å². The minimum atomic E-state index is -0.323. The number of anilines is 1. The fraction of sp³-hybridized carbons (Fsp3) is 0.238. The molecule has 27 heavy (non-hydrogen) atoms. The highest BCUT2D eigenvalue weighted by molar-refractivity contribution is 8.00. The molecule has 0 saturated heterocycles. The van der Waals surface area contributed by atoms with Gasteiger partial charge in [-0.15, -0.1) is 0 Å². The van der Waals surface area contributed by atoms with Crippen LogP contribution in [0.3, 0.4) is 0 Å². The Labute approximate surface area is 161 Å². The van der Waals surface area contributed by atoms with Crippen molar-refractivity contribution in [3.8, 4) is 11.3 Å². The van der Waals surface area contributed by atoms with Crippen molar-refractivity contribution in [2.45, 2.75) is 30.2 Å². The summed E-state index contributed by atoms with van der Waals surface area (Å²) in [6.45, 7) is 2.60. The summed E-state index contributed by atoms with van der Waals surface area (Å²) in [5.41, 5.74) is 2.96. The topological polar surface area (TPSA) is 46.3 Å². The van der Waals surface area contributed by atoms with Gasteiger partial charge >= 0.3 is 0 Å². The highest BCUT2D eigenvalue weighted by Gasteiger charge is 2.27. The summed E-state index contributed by atoms with van der Waals surface area (Å²) in [6.07, 6.45) is 3.57. The normalized spacial score (nSPS) is 14.7. The first kappa shape index (κ1) is 17.8. The second kappa shape index (κ2) is 7.56. The number of para-hydroxylation sites is 1. The molecule has 138 valence electrons. The number of hydrogen-bond donors (Lipinski definition) is 0. The zero-order chi connectivity index (χ0) is 18.8. The van der Waals surface area contributed by atoms with Crippen LogP contribution in [0.25, 0.3) is 11.3 Å². The van der Waals surface area contributed by atoms with Crippen molar-refractivity contribution in [3.05, 3.63) is 66.1 Å². The van der Waals surface area contributed by atoms with E-state index in [9.17, 15) is 9.18 Å². The number of benzene rings is 2. The van der Waals surface area contributed by atoms with E-state index < -0.39 is 0 Å². The molecular formula is C21H19FN2O2S. The number of fused-ring (bicyclic) bond motifs is 1.